The standard InChI is InChI=1S/C21H24N4O2S/c1-2-18-23-19(16-8-13-28-20(16)24-18)22-17(14-15-6-4-3-5-7-15)21(26)25-9-11-27-12-10-25/h3-8,13,17H,2,9-12,14H2,1H3,(H,22,23,24). The third-order valence-electron chi connectivity index (χ3n) is 4.90. The van der Waals surface area contributed by atoms with E-state index in [9.17, 15) is 4.79 Å². The van der Waals surface area contributed by atoms with Crippen LogP contribution in [-0.2, 0) is 22.4 Å². The quantitative estimate of drug-likeness (QED) is 0.693. The van der Waals surface area contributed by atoms with Gasteiger partial charge in [-0.1, -0.05) is 37.3 Å². The van der Waals surface area contributed by atoms with Gasteiger partial charge in [-0.05, 0) is 17.0 Å². The second kappa shape index (κ2) is 8.67. The van der Waals surface area contributed by atoms with E-state index in [2.05, 4.69) is 27.4 Å². The molecule has 0 radical (unpaired) electrons. The molecule has 1 aromatic carbocycles. The van der Waals surface area contributed by atoms with Crippen LogP contribution in [0.15, 0.2) is 41.8 Å². The van der Waals surface area contributed by atoms with Gasteiger partial charge in [0.25, 0.3) is 0 Å². The first-order valence-electron chi connectivity index (χ1n) is 9.65. The van der Waals surface area contributed by atoms with Crippen molar-refractivity contribution in [3.05, 3.63) is 53.2 Å². The smallest absolute Gasteiger partial charge is 0.245 e. The zero-order valence-corrected chi connectivity index (χ0v) is 16.7. The number of rotatable bonds is 6. The van der Waals surface area contributed by atoms with E-state index in [1.165, 1.54) is 0 Å². The third-order valence-corrected chi connectivity index (χ3v) is 5.71. The first-order valence-corrected chi connectivity index (χ1v) is 10.5. The summed E-state index contributed by atoms with van der Waals surface area (Å²) in [6.45, 7) is 4.48. The molecule has 3 aromatic rings. The summed E-state index contributed by atoms with van der Waals surface area (Å²) in [5.41, 5.74) is 1.12. The minimum Gasteiger partial charge on any atom is -0.378 e. The van der Waals surface area contributed by atoms with Crippen molar-refractivity contribution in [2.75, 3.05) is 31.6 Å². The van der Waals surface area contributed by atoms with Crippen LogP contribution in [0.4, 0.5) is 5.82 Å². The van der Waals surface area contributed by atoms with Crippen molar-refractivity contribution in [2.24, 2.45) is 0 Å². The van der Waals surface area contributed by atoms with E-state index in [1.54, 1.807) is 11.3 Å². The minimum atomic E-state index is -0.386. The van der Waals surface area contributed by atoms with Crippen LogP contribution in [-0.4, -0.2) is 53.1 Å². The molecule has 6 nitrogen and oxygen atoms in total. The molecule has 0 spiro atoms. The average Bonchev–Trinajstić information content (AvgIpc) is 3.23. The van der Waals surface area contributed by atoms with Crippen molar-refractivity contribution < 1.29 is 9.53 Å². The number of fused-ring (bicyclic) bond motifs is 1. The predicted octanol–water partition coefficient (Wildman–Crippen LogP) is 3.14. The number of carbonyl (C=O) groups excluding carboxylic acids is 1. The number of morpholine rings is 1. The van der Waals surface area contributed by atoms with Gasteiger partial charge in [0.15, 0.2) is 0 Å². The summed E-state index contributed by atoms with van der Waals surface area (Å²) < 4.78 is 5.41. The van der Waals surface area contributed by atoms with Crippen LogP contribution in [0.25, 0.3) is 10.2 Å². The Morgan fingerprint density at radius 2 is 2.00 bits per heavy atom. The number of benzene rings is 1. The first kappa shape index (κ1) is 18.8. The summed E-state index contributed by atoms with van der Waals surface area (Å²) in [5.74, 6) is 1.62. The number of amides is 1. The Morgan fingerprint density at radius 1 is 1.21 bits per heavy atom. The van der Waals surface area contributed by atoms with Gasteiger partial charge in [0.1, 0.15) is 22.5 Å². The van der Waals surface area contributed by atoms with Crippen molar-refractivity contribution in [2.45, 2.75) is 25.8 Å². The lowest BCUT2D eigenvalue weighted by Crippen LogP contribution is -2.48. The van der Waals surface area contributed by atoms with E-state index >= 15 is 0 Å². The highest BCUT2D eigenvalue weighted by molar-refractivity contribution is 7.16. The summed E-state index contributed by atoms with van der Waals surface area (Å²) in [6, 6.07) is 11.7. The molecule has 4 rings (SSSR count). The Morgan fingerprint density at radius 3 is 2.75 bits per heavy atom. The fourth-order valence-electron chi connectivity index (χ4n) is 3.39. The number of carbonyl (C=O) groups is 1. The first-order chi connectivity index (χ1) is 13.7. The molecule has 1 fully saturated rings. The van der Waals surface area contributed by atoms with Crippen molar-refractivity contribution in [3.63, 3.8) is 0 Å². The largest absolute Gasteiger partial charge is 0.378 e. The van der Waals surface area contributed by atoms with Gasteiger partial charge in [0.05, 0.1) is 18.6 Å². The Hall–Kier alpha value is -2.51. The van der Waals surface area contributed by atoms with Crippen LogP contribution >= 0.6 is 11.3 Å². The molecule has 0 saturated carbocycles. The van der Waals surface area contributed by atoms with Gasteiger partial charge in [-0.25, -0.2) is 9.97 Å². The number of aromatic nitrogens is 2. The molecule has 28 heavy (non-hydrogen) atoms. The highest BCUT2D eigenvalue weighted by Crippen LogP contribution is 2.26. The lowest BCUT2D eigenvalue weighted by Gasteiger charge is -2.31. The maximum Gasteiger partial charge on any atom is 0.245 e. The zero-order valence-electron chi connectivity index (χ0n) is 15.9. The molecular weight excluding hydrogens is 372 g/mol. The molecule has 1 amide bonds. The number of anilines is 1. The number of ether oxygens (including phenoxy) is 1. The maximum atomic E-state index is 13.3. The molecular formula is C21H24N4O2S. The number of aryl methyl sites for hydroxylation is 1. The van der Waals surface area contributed by atoms with Gasteiger partial charge in [0, 0.05) is 25.9 Å². The highest BCUT2D eigenvalue weighted by atomic mass is 32.1. The van der Waals surface area contributed by atoms with Crippen LogP contribution in [0.2, 0.25) is 0 Å². The molecule has 2 aromatic heterocycles. The number of hydrogen-bond acceptors (Lipinski definition) is 6. The summed E-state index contributed by atoms with van der Waals surface area (Å²) in [6.07, 6.45) is 1.36. The van der Waals surface area contributed by atoms with Crippen molar-refractivity contribution in [1.82, 2.24) is 14.9 Å². The predicted molar refractivity (Wildman–Crippen MR) is 112 cm³/mol. The number of nitrogens with one attached hydrogen (secondary N) is 1. The van der Waals surface area contributed by atoms with E-state index in [-0.39, 0.29) is 11.9 Å². The fraction of sp³-hybridized carbons (Fsp3) is 0.381. The summed E-state index contributed by atoms with van der Waals surface area (Å²) in [5, 5.41) is 6.43. The van der Waals surface area contributed by atoms with Crippen molar-refractivity contribution in [1.29, 1.82) is 0 Å². The number of hydrogen-bond donors (Lipinski definition) is 1. The summed E-state index contributed by atoms with van der Waals surface area (Å²) in [4.78, 5) is 25.4. The Balaban J connectivity index is 1.65. The van der Waals surface area contributed by atoms with Crippen LogP contribution < -0.4 is 5.32 Å². The normalized spacial score (nSPS) is 15.5. The molecule has 7 heteroatoms. The summed E-state index contributed by atoms with van der Waals surface area (Å²) >= 11 is 1.60. The molecule has 1 unspecified atom stereocenters. The minimum absolute atomic E-state index is 0.0900. The fourth-order valence-corrected chi connectivity index (χ4v) is 4.17. The van der Waals surface area contributed by atoms with E-state index in [0.717, 1.165) is 33.8 Å². The molecule has 3 heterocycles. The van der Waals surface area contributed by atoms with Gasteiger partial charge in [0.2, 0.25) is 5.91 Å². The van der Waals surface area contributed by atoms with Crippen LogP contribution in [0.5, 0.6) is 0 Å². The SMILES string of the molecule is CCc1nc(NC(Cc2ccccc2)C(=O)N2CCOCC2)c2ccsc2n1. The Kier molecular flexibility index (Phi) is 5.83. The van der Waals surface area contributed by atoms with Crippen LogP contribution in [0.1, 0.15) is 18.3 Å². The number of thiophene rings is 1. The van der Waals surface area contributed by atoms with E-state index < -0.39 is 0 Å². The second-order valence-corrected chi connectivity index (χ2v) is 7.70. The average molecular weight is 397 g/mol. The second-order valence-electron chi connectivity index (χ2n) is 6.81. The van der Waals surface area contributed by atoms with Gasteiger partial charge in [-0.2, -0.15) is 0 Å². The van der Waals surface area contributed by atoms with Crippen LogP contribution in [0.3, 0.4) is 0 Å². The van der Waals surface area contributed by atoms with E-state index in [1.807, 2.05) is 41.5 Å². The summed E-state index contributed by atoms with van der Waals surface area (Å²) in [7, 11) is 0. The highest BCUT2D eigenvalue weighted by Gasteiger charge is 2.27. The van der Waals surface area contributed by atoms with E-state index in [4.69, 9.17) is 4.74 Å². The van der Waals surface area contributed by atoms with E-state index in [0.29, 0.717) is 32.7 Å². The van der Waals surface area contributed by atoms with Gasteiger partial charge < -0.3 is 15.0 Å². The molecule has 1 aliphatic rings. The van der Waals surface area contributed by atoms with Gasteiger partial charge in [-0.3, -0.25) is 4.79 Å². The van der Waals surface area contributed by atoms with Crippen molar-refractivity contribution in [3.8, 4) is 0 Å². The molecule has 1 aliphatic heterocycles. The monoisotopic (exact) mass is 396 g/mol. The molecule has 146 valence electrons. The molecule has 1 N–H and O–H groups in total. The number of nitrogens with zero attached hydrogens (tertiary/aromatic N) is 3. The molecule has 0 bridgehead atoms. The maximum absolute atomic E-state index is 13.3. The topological polar surface area (TPSA) is 67.4 Å². The molecule has 1 saturated heterocycles. The van der Waals surface area contributed by atoms with Gasteiger partial charge in [-0.15, -0.1) is 11.3 Å². The third kappa shape index (κ3) is 4.15. The molecule has 0 aliphatic carbocycles. The Bertz CT molecular complexity index is 938. The lowest BCUT2D eigenvalue weighted by atomic mass is 10.0. The van der Waals surface area contributed by atoms with Crippen LogP contribution in [0, 0.1) is 0 Å². The zero-order chi connectivity index (χ0) is 19.3. The van der Waals surface area contributed by atoms with Gasteiger partial charge >= 0.3 is 0 Å². The Labute approximate surface area is 168 Å². The molecule has 1 atom stereocenters. The van der Waals surface area contributed by atoms with Crippen molar-refractivity contribution >= 4 is 33.3 Å². The lowest BCUT2D eigenvalue weighted by molar-refractivity contribution is -0.136.